The van der Waals surface area contributed by atoms with Crippen molar-refractivity contribution in [3.63, 3.8) is 0 Å². The Hall–Kier alpha value is -0.0500. The lowest BCUT2D eigenvalue weighted by Crippen LogP contribution is -2.14. The van der Waals surface area contributed by atoms with E-state index in [1.165, 1.54) is 57.8 Å². The Balaban J connectivity index is 3.05. The highest BCUT2D eigenvalue weighted by Crippen LogP contribution is 2.10. The average Bonchev–Trinajstić information content (AvgIpc) is 2.35. The molecule has 0 aromatic rings. The van der Waals surface area contributed by atoms with Crippen molar-refractivity contribution in [2.75, 3.05) is 6.61 Å². The highest BCUT2D eigenvalue weighted by Gasteiger charge is 2.08. The minimum Gasteiger partial charge on any atom is -0.465 e. The van der Waals surface area contributed by atoms with Crippen molar-refractivity contribution in [1.29, 1.82) is 0 Å². The van der Waals surface area contributed by atoms with E-state index in [9.17, 15) is 4.79 Å². The Morgan fingerprint density at radius 1 is 0.944 bits per heavy atom. The van der Waals surface area contributed by atoms with Crippen LogP contribution in [0.1, 0.15) is 78.1 Å². The van der Waals surface area contributed by atoms with Crippen LogP contribution in [0, 0.1) is 0 Å². The number of hydrogen-bond acceptors (Lipinski definition) is 2. The molecule has 0 amide bonds. The number of carbonyl (C=O) groups excluding carboxylic acids is 1. The lowest BCUT2D eigenvalue weighted by atomic mass is 10.1. The molecule has 0 rings (SSSR count). The molecule has 0 N–H and O–H groups in total. The van der Waals surface area contributed by atoms with Crippen LogP contribution in [0.25, 0.3) is 0 Å². The maximum absolute atomic E-state index is 11.1. The molecular formula is C15H29BrO2. The van der Waals surface area contributed by atoms with Gasteiger partial charge in [-0.1, -0.05) is 80.6 Å². The summed E-state index contributed by atoms with van der Waals surface area (Å²) >= 11 is 3.19. The van der Waals surface area contributed by atoms with Crippen LogP contribution in [0.2, 0.25) is 0 Å². The molecule has 0 bridgehead atoms. The topological polar surface area (TPSA) is 26.3 Å². The molecule has 0 saturated carbocycles. The molecule has 18 heavy (non-hydrogen) atoms. The minimum absolute atomic E-state index is 0.147. The first-order valence-electron chi connectivity index (χ1n) is 7.49. The molecule has 3 heteroatoms. The monoisotopic (exact) mass is 320 g/mol. The molecule has 0 radical (unpaired) electrons. The number of carbonyl (C=O) groups is 1. The molecule has 0 aromatic carbocycles. The van der Waals surface area contributed by atoms with E-state index in [0.717, 1.165) is 6.42 Å². The van der Waals surface area contributed by atoms with E-state index in [-0.39, 0.29) is 10.8 Å². The van der Waals surface area contributed by atoms with Crippen molar-refractivity contribution in [3.05, 3.63) is 0 Å². The zero-order chi connectivity index (χ0) is 13.6. The third-order valence-electron chi connectivity index (χ3n) is 3.07. The summed E-state index contributed by atoms with van der Waals surface area (Å²) in [6, 6.07) is 0. The van der Waals surface area contributed by atoms with E-state index >= 15 is 0 Å². The molecule has 1 atom stereocenters. The van der Waals surface area contributed by atoms with Gasteiger partial charge in [0.15, 0.2) is 0 Å². The third kappa shape index (κ3) is 12.4. The van der Waals surface area contributed by atoms with Crippen molar-refractivity contribution in [1.82, 2.24) is 0 Å². The smallest absolute Gasteiger partial charge is 0.319 e. The zero-order valence-electron chi connectivity index (χ0n) is 12.0. The number of ether oxygens (including phenoxy) is 1. The Kier molecular flexibility index (Phi) is 13.3. The van der Waals surface area contributed by atoms with Gasteiger partial charge < -0.3 is 4.74 Å². The van der Waals surface area contributed by atoms with Gasteiger partial charge in [0.2, 0.25) is 0 Å². The first-order chi connectivity index (χ1) is 8.68. The fourth-order valence-electron chi connectivity index (χ4n) is 1.88. The van der Waals surface area contributed by atoms with Crippen LogP contribution in [0.15, 0.2) is 0 Å². The van der Waals surface area contributed by atoms with Crippen LogP contribution in [0.4, 0.5) is 0 Å². The highest BCUT2D eigenvalue weighted by molar-refractivity contribution is 9.10. The number of halogens is 1. The summed E-state index contributed by atoms with van der Waals surface area (Å²) in [5, 5.41) is 0. The fourth-order valence-corrected chi connectivity index (χ4v) is 2.01. The van der Waals surface area contributed by atoms with Crippen molar-refractivity contribution in [3.8, 4) is 0 Å². The maximum atomic E-state index is 11.1. The van der Waals surface area contributed by atoms with E-state index in [2.05, 4.69) is 22.9 Å². The molecule has 0 spiro atoms. The zero-order valence-corrected chi connectivity index (χ0v) is 13.6. The molecule has 108 valence electrons. The van der Waals surface area contributed by atoms with Gasteiger partial charge in [0, 0.05) is 0 Å². The summed E-state index contributed by atoms with van der Waals surface area (Å²) in [7, 11) is 0. The first-order valence-corrected chi connectivity index (χ1v) is 8.40. The summed E-state index contributed by atoms with van der Waals surface area (Å²) in [5.74, 6) is -0.147. The number of esters is 1. The summed E-state index contributed by atoms with van der Waals surface area (Å²) in [4.78, 5) is 11.0. The number of alkyl halides is 1. The predicted molar refractivity (Wildman–Crippen MR) is 81.2 cm³/mol. The summed E-state index contributed by atoms with van der Waals surface area (Å²) < 4.78 is 5.09. The van der Waals surface area contributed by atoms with Crippen LogP contribution < -0.4 is 0 Å². The molecule has 0 saturated heterocycles. The molecule has 0 aliphatic rings. The van der Waals surface area contributed by atoms with Gasteiger partial charge in [-0.25, -0.2) is 0 Å². The molecule has 2 nitrogen and oxygen atoms in total. The number of hydrogen-bond donors (Lipinski definition) is 0. The lowest BCUT2D eigenvalue weighted by molar-refractivity contribution is -0.142. The summed E-state index contributed by atoms with van der Waals surface area (Å²) in [6.45, 7) is 4.62. The fraction of sp³-hybridized carbons (Fsp3) is 0.933. The molecule has 0 unspecified atom stereocenters. The van der Waals surface area contributed by atoms with Crippen LogP contribution in [-0.2, 0) is 9.53 Å². The molecule has 0 fully saturated rings. The Bertz CT molecular complexity index is 193. The van der Waals surface area contributed by atoms with Gasteiger partial charge >= 0.3 is 5.97 Å². The van der Waals surface area contributed by atoms with E-state index in [1.54, 1.807) is 6.92 Å². The second kappa shape index (κ2) is 13.4. The van der Waals surface area contributed by atoms with Crippen LogP contribution in [0.3, 0.4) is 0 Å². The second-order valence-electron chi connectivity index (χ2n) is 4.97. The molecule has 0 heterocycles. The van der Waals surface area contributed by atoms with Gasteiger partial charge in [-0.3, -0.25) is 4.79 Å². The van der Waals surface area contributed by atoms with E-state index < -0.39 is 0 Å². The Morgan fingerprint density at radius 3 is 1.83 bits per heavy atom. The van der Waals surface area contributed by atoms with Gasteiger partial charge in [-0.2, -0.15) is 0 Å². The van der Waals surface area contributed by atoms with Crippen LogP contribution >= 0.6 is 15.9 Å². The average molecular weight is 321 g/mol. The SMILES string of the molecule is CCCCCCCCCCCCOC(=O)[C@H](C)Br. The van der Waals surface area contributed by atoms with Crippen LogP contribution in [-0.4, -0.2) is 17.4 Å². The van der Waals surface area contributed by atoms with Crippen molar-refractivity contribution in [2.24, 2.45) is 0 Å². The number of rotatable bonds is 12. The van der Waals surface area contributed by atoms with Crippen molar-refractivity contribution >= 4 is 21.9 Å². The molecule has 0 aliphatic carbocycles. The maximum Gasteiger partial charge on any atom is 0.319 e. The van der Waals surface area contributed by atoms with Gasteiger partial charge in [0.25, 0.3) is 0 Å². The Labute approximate surface area is 121 Å². The summed E-state index contributed by atoms with van der Waals surface area (Å²) in [6.07, 6.45) is 13.0. The third-order valence-corrected chi connectivity index (χ3v) is 3.44. The summed E-state index contributed by atoms with van der Waals surface area (Å²) in [5.41, 5.74) is 0. The Morgan fingerprint density at radius 2 is 1.39 bits per heavy atom. The molecule has 0 aliphatic heterocycles. The molecule has 0 aromatic heterocycles. The van der Waals surface area contributed by atoms with Gasteiger partial charge in [-0.05, 0) is 13.3 Å². The standard InChI is InChI=1S/C15H29BrO2/c1-3-4-5-6-7-8-9-10-11-12-13-18-15(17)14(2)16/h14H,3-13H2,1-2H3/t14-/m0/s1. The van der Waals surface area contributed by atoms with E-state index in [1.807, 2.05) is 0 Å². The quantitative estimate of drug-likeness (QED) is 0.279. The predicted octanol–water partition coefficient (Wildman–Crippen LogP) is 5.23. The van der Waals surface area contributed by atoms with E-state index in [0.29, 0.717) is 6.61 Å². The van der Waals surface area contributed by atoms with Gasteiger partial charge in [0.1, 0.15) is 4.83 Å². The lowest BCUT2D eigenvalue weighted by Gasteiger charge is -2.06. The van der Waals surface area contributed by atoms with Crippen LogP contribution in [0.5, 0.6) is 0 Å². The second-order valence-corrected chi connectivity index (χ2v) is 6.34. The molecular weight excluding hydrogens is 292 g/mol. The normalized spacial score (nSPS) is 12.4. The first kappa shape index (κ1) is 17.9. The number of unbranched alkanes of at least 4 members (excludes halogenated alkanes) is 9. The van der Waals surface area contributed by atoms with Crippen molar-refractivity contribution < 1.29 is 9.53 Å². The van der Waals surface area contributed by atoms with Gasteiger partial charge in [0.05, 0.1) is 6.61 Å². The van der Waals surface area contributed by atoms with Crippen molar-refractivity contribution in [2.45, 2.75) is 82.9 Å². The minimum atomic E-state index is -0.180. The largest absolute Gasteiger partial charge is 0.465 e. The van der Waals surface area contributed by atoms with E-state index in [4.69, 9.17) is 4.74 Å². The highest BCUT2D eigenvalue weighted by atomic mass is 79.9. The van der Waals surface area contributed by atoms with Gasteiger partial charge in [-0.15, -0.1) is 0 Å².